The fourth-order valence-electron chi connectivity index (χ4n) is 3.13. The van der Waals surface area contributed by atoms with Crippen LogP contribution in [0.25, 0.3) is 0 Å². The molecule has 3 rings (SSSR count). The maximum Gasteiger partial charge on any atom is 0.227 e. The Bertz CT molecular complexity index is 719. The maximum atomic E-state index is 13.1. The molecule has 3 N–H and O–H groups in total. The topological polar surface area (TPSA) is 66.6 Å². The van der Waals surface area contributed by atoms with Gasteiger partial charge in [-0.2, -0.15) is 0 Å². The first kappa shape index (κ1) is 20.3. The number of hydrogen-bond acceptors (Lipinski definition) is 3. The molecule has 1 saturated carbocycles. The van der Waals surface area contributed by atoms with Crippen LogP contribution in [0.2, 0.25) is 0 Å². The summed E-state index contributed by atoms with van der Waals surface area (Å²) in [6, 6.07) is 16.6. The summed E-state index contributed by atoms with van der Waals surface area (Å²) in [5, 5.41) is 9.68. The molecule has 0 aromatic heterocycles. The van der Waals surface area contributed by atoms with Crippen molar-refractivity contribution in [2.24, 2.45) is 17.6 Å². The second-order valence-corrected chi connectivity index (χ2v) is 7.06. The molecule has 0 spiro atoms. The molecule has 0 saturated heterocycles. The van der Waals surface area contributed by atoms with E-state index in [2.05, 4.69) is 0 Å². The van der Waals surface area contributed by atoms with Crippen molar-refractivity contribution in [2.75, 3.05) is 6.54 Å². The molecule has 0 heterocycles. The SMILES string of the molecule is CC(C(=O)N(Cc1cccc(O)c1)CC1CC1)C(N)c1ccccc1.Cl. The number of benzene rings is 2. The van der Waals surface area contributed by atoms with Gasteiger partial charge in [0.2, 0.25) is 5.91 Å². The van der Waals surface area contributed by atoms with Crippen molar-refractivity contribution >= 4 is 18.3 Å². The number of carbonyl (C=O) groups is 1. The smallest absolute Gasteiger partial charge is 0.227 e. The highest BCUT2D eigenvalue weighted by molar-refractivity contribution is 5.85. The molecular weight excluding hydrogens is 348 g/mol. The number of aromatic hydroxyl groups is 1. The molecule has 2 unspecified atom stereocenters. The molecule has 0 bridgehead atoms. The van der Waals surface area contributed by atoms with Gasteiger partial charge in [-0.15, -0.1) is 12.4 Å². The summed E-state index contributed by atoms with van der Waals surface area (Å²) < 4.78 is 0. The number of phenolic OH excluding ortho intramolecular Hbond substituents is 1. The van der Waals surface area contributed by atoms with E-state index in [4.69, 9.17) is 5.73 Å². The van der Waals surface area contributed by atoms with Crippen LogP contribution in [0.3, 0.4) is 0 Å². The third-order valence-corrected chi connectivity index (χ3v) is 4.88. The van der Waals surface area contributed by atoms with Crippen LogP contribution in [0.15, 0.2) is 54.6 Å². The molecule has 1 fully saturated rings. The van der Waals surface area contributed by atoms with E-state index >= 15 is 0 Å². The van der Waals surface area contributed by atoms with Crippen LogP contribution in [0.4, 0.5) is 0 Å². The molecule has 2 aromatic carbocycles. The zero-order chi connectivity index (χ0) is 17.8. The predicted molar refractivity (Wildman–Crippen MR) is 106 cm³/mol. The molecule has 26 heavy (non-hydrogen) atoms. The van der Waals surface area contributed by atoms with Crippen LogP contribution >= 0.6 is 12.4 Å². The lowest BCUT2D eigenvalue weighted by Gasteiger charge is -2.29. The van der Waals surface area contributed by atoms with Gasteiger partial charge < -0.3 is 15.7 Å². The van der Waals surface area contributed by atoms with Crippen molar-refractivity contribution < 1.29 is 9.90 Å². The zero-order valence-electron chi connectivity index (χ0n) is 15.0. The number of nitrogens with zero attached hydrogens (tertiary/aromatic N) is 1. The first-order valence-corrected chi connectivity index (χ1v) is 8.92. The molecule has 0 radical (unpaired) electrons. The van der Waals surface area contributed by atoms with E-state index < -0.39 is 0 Å². The third-order valence-electron chi connectivity index (χ3n) is 4.88. The quantitative estimate of drug-likeness (QED) is 0.772. The molecule has 2 atom stereocenters. The minimum Gasteiger partial charge on any atom is -0.508 e. The van der Waals surface area contributed by atoms with Crippen LogP contribution < -0.4 is 5.73 Å². The average Bonchev–Trinajstić information content (AvgIpc) is 3.44. The Labute approximate surface area is 161 Å². The second kappa shape index (κ2) is 9.06. The van der Waals surface area contributed by atoms with Gasteiger partial charge in [-0.25, -0.2) is 0 Å². The van der Waals surface area contributed by atoms with Gasteiger partial charge in [0.05, 0.1) is 5.92 Å². The van der Waals surface area contributed by atoms with Crippen molar-refractivity contribution in [2.45, 2.75) is 32.4 Å². The predicted octanol–water partition coefficient (Wildman–Crippen LogP) is 3.89. The number of rotatable bonds is 7. The van der Waals surface area contributed by atoms with Crippen LogP contribution in [0.5, 0.6) is 5.75 Å². The number of amides is 1. The van der Waals surface area contributed by atoms with Gasteiger partial charge in [0.1, 0.15) is 5.75 Å². The first-order chi connectivity index (χ1) is 12.0. The van der Waals surface area contributed by atoms with Crippen LogP contribution in [-0.2, 0) is 11.3 Å². The second-order valence-electron chi connectivity index (χ2n) is 7.06. The minimum atomic E-state index is -0.320. The van der Waals surface area contributed by atoms with Gasteiger partial charge in [0.15, 0.2) is 0 Å². The standard InChI is InChI=1S/C21H26N2O2.ClH/c1-15(20(22)18-7-3-2-4-8-18)21(25)23(13-16-10-11-16)14-17-6-5-9-19(24)12-17;/h2-9,12,15-16,20,24H,10-11,13-14,22H2,1H3;1H. The summed E-state index contributed by atoms with van der Waals surface area (Å²) in [6.45, 7) is 3.18. The van der Waals surface area contributed by atoms with Crippen LogP contribution in [-0.4, -0.2) is 22.5 Å². The summed E-state index contributed by atoms with van der Waals surface area (Å²) in [4.78, 5) is 15.0. The fourth-order valence-corrected chi connectivity index (χ4v) is 3.13. The Morgan fingerprint density at radius 2 is 1.88 bits per heavy atom. The van der Waals surface area contributed by atoms with Crippen molar-refractivity contribution in [1.82, 2.24) is 4.90 Å². The zero-order valence-corrected chi connectivity index (χ0v) is 15.9. The summed E-state index contributed by atoms with van der Waals surface area (Å²) in [6.07, 6.45) is 2.37. The monoisotopic (exact) mass is 374 g/mol. The van der Waals surface area contributed by atoms with Gasteiger partial charge in [-0.05, 0) is 42.0 Å². The summed E-state index contributed by atoms with van der Waals surface area (Å²) in [7, 11) is 0. The number of nitrogens with two attached hydrogens (primary N) is 1. The van der Waals surface area contributed by atoms with Crippen molar-refractivity contribution in [3.8, 4) is 5.75 Å². The fraction of sp³-hybridized carbons (Fsp3) is 0.381. The molecule has 5 heteroatoms. The largest absolute Gasteiger partial charge is 0.508 e. The highest BCUT2D eigenvalue weighted by atomic mass is 35.5. The number of carbonyl (C=O) groups excluding carboxylic acids is 1. The summed E-state index contributed by atoms with van der Waals surface area (Å²) in [5.74, 6) is 0.608. The highest BCUT2D eigenvalue weighted by Crippen LogP contribution is 2.32. The van der Waals surface area contributed by atoms with E-state index in [9.17, 15) is 9.90 Å². The minimum absolute atomic E-state index is 0. The number of halogens is 1. The molecule has 1 aliphatic carbocycles. The maximum absolute atomic E-state index is 13.1. The van der Waals surface area contributed by atoms with Crippen LogP contribution in [0, 0.1) is 11.8 Å². The summed E-state index contributed by atoms with van der Waals surface area (Å²) >= 11 is 0. The molecule has 4 nitrogen and oxygen atoms in total. The van der Waals surface area contributed by atoms with E-state index in [0.717, 1.165) is 17.7 Å². The van der Waals surface area contributed by atoms with Crippen molar-refractivity contribution in [3.05, 3.63) is 65.7 Å². The Morgan fingerprint density at radius 3 is 2.50 bits per heavy atom. The lowest BCUT2D eigenvalue weighted by atomic mass is 9.94. The molecule has 1 aliphatic rings. The van der Waals surface area contributed by atoms with E-state index in [1.807, 2.05) is 54.3 Å². The van der Waals surface area contributed by atoms with Crippen LogP contribution in [0.1, 0.15) is 36.9 Å². The first-order valence-electron chi connectivity index (χ1n) is 8.92. The Balaban J connectivity index is 0.00000243. The van der Waals surface area contributed by atoms with Gasteiger partial charge in [-0.1, -0.05) is 49.4 Å². The molecule has 0 aliphatic heterocycles. The van der Waals surface area contributed by atoms with Gasteiger partial charge >= 0.3 is 0 Å². The van der Waals surface area contributed by atoms with E-state index in [0.29, 0.717) is 12.5 Å². The van der Waals surface area contributed by atoms with E-state index in [1.165, 1.54) is 12.8 Å². The molecule has 140 valence electrons. The van der Waals surface area contributed by atoms with E-state index in [-0.39, 0.29) is 36.0 Å². The lowest BCUT2D eigenvalue weighted by molar-refractivity contribution is -0.136. The lowest BCUT2D eigenvalue weighted by Crippen LogP contribution is -2.40. The third kappa shape index (κ3) is 5.23. The molecular formula is C21H27ClN2O2. The Hall–Kier alpha value is -2.04. The Kier molecular flexibility index (Phi) is 7.06. The summed E-state index contributed by atoms with van der Waals surface area (Å²) in [5.41, 5.74) is 8.27. The normalized spacial score (nSPS) is 15.6. The highest BCUT2D eigenvalue weighted by Gasteiger charge is 2.31. The molecule has 2 aromatic rings. The van der Waals surface area contributed by atoms with Gasteiger partial charge in [-0.3, -0.25) is 4.79 Å². The van der Waals surface area contributed by atoms with E-state index in [1.54, 1.807) is 12.1 Å². The average molecular weight is 375 g/mol. The molecule has 1 amide bonds. The van der Waals surface area contributed by atoms with Gasteiger partial charge in [0, 0.05) is 19.1 Å². The van der Waals surface area contributed by atoms with Gasteiger partial charge in [0.25, 0.3) is 0 Å². The van der Waals surface area contributed by atoms with Crippen molar-refractivity contribution in [3.63, 3.8) is 0 Å². The number of hydrogen-bond donors (Lipinski definition) is 2. The van der Waals surface area contributed by atoms with Crippen molar-refractivity contribution in [1.29, 1.82) is 0 Å². The number of phenols is 1. The Morgan fingerprint density at radius 1 is 1.19 bits per heavy atom.